The summed E-state index contributed by atoms with van der Waals surface area (Å²) in [6, 6.07) is 0. The van der Waals surface area contributed by atoms with Crippen LogP contribution in [0.2, 0.25) is 0 Å². The van der Waals surface area contributed by atoms with Crippen LogP contribution in [0.3, 0.4) is 0 Å². The summed E-state index contributed by atoms with van der Waals surface area (Å²) in [6.07, 6.45) is 0. The first-order chi connectivity index (χ1) is 2.00. The minimum absolute atomic E-state index is 0. The second-order valence-electron chi connectivity index (χ2n) is 0.408. The summed E-state index contributed by atoms with van der Waals surface area (Å²) in [4.78, 5) is 0. The van der Waals surface area contributed by atoms with Crippen LogP contribution in [0.15, 0.2) is 0 Å². The SMILES string of the molecule is N.O=S(=O)([O-])[O-].[Fe+2].[Fe+2]. The van der Waals surface area contributed by atoms with Crippen LogP contribution >= 0.6 is 0 Å². The van der Waals surface area contributed by atoms with Gasteiger partial charge in [-0.05, 0) is 0 Å². The minimum Gasteiger partial charge on any atom is -0.759 e. The quantitative estimate of drug-likeness (QED) is 0.316. The standard InChI is InChI=1S/2Fe.H3N.H2O4S/c;;;1-5(2,3)4/h;;1H3;(H2,1,2,3,4)/q2*+2;;/p-2. The molecule has 0 aromatic carbocycles. The molecule has 8 heavy (non-hydrogen) atoms. The van der Waals surface area contributed by atoms with Crippen LogP contribution < -0.4 is 6.15 Å². The average molecular weight is 225 g/mol. The van der Waals surface area contributed by atoms with E-state index in [9.17, 15) is 0 Å². The molecule has 0 radical (unpaired) electrons. The number of rotatable bonds is 0. The molecule has 0 rings (SSSR count). The molecule has 0 aliphatic rings. The molecule has 0 heterocycles. The van der Waals surface area contributed by atoms with Gasteiger partial charge >= 0.3 is 34.1 Å². The van der Waals surface area contributed by atoms with Gasteiger partial charge in [0.05, 0.1) is 0 Å². The Morgan fingerprint density at radius 1 is 1.00 bits per heavy atom. The van der Waals surface area contributed by atoms with Crippen molar-refractivity contribution in [2.45, 2.75) is 0 Å². The van der Waals surface area contributed by atoms with Crippen LogP contribution in [-0.2, 0) is 44.5 Å². The summed E-state index contributed by atoms with van der Waals surface area (Å²) in [7, 11) is -5.17. The molecule has 0 spiro atoms. The molecule has 0 aromatic heterocycles. The average Bonchev–Trinajstić information content (AvgIpc) is 0.722. The Labute approximate surface area is 68.3 Å². The van der Waals surface area contributed by atoms with Crippen LogP contribution in [0.4, 0.5) is 0 Å². The third-order valence-electron chi connectivity index (χ3n) is 0. The number of hydrogen-bond acceptors (Lipinski definition) is 5. The molecule has 0 bridgehead atoms. The fourth-order valence-electron chi connectivity index (χ4n) is 0. The molecule has 8 heteroatoms. The first-order valence-corrected chi connectivity index (χ1v) is 2.00. The van der Waals surface area contributed by atoms with E-state index in [1.807, 2.05) is 0 Å². The zero-order chi connectivity index (χ0) is 4.50. The van der Waals surface area contributed by atoms with E-state index in [2.05, 4.69) is 0 Å². The molecule has 5 nitrogen and oxygen atoms in total. The van der Waals surface area contributed by atoms with E-state index in [1.54, 1.807) is 0 Å². The molecule has 0 amide bonds. The second kappa shape index (κ2) is 7.87. The zero-order valence-electron chi connectivity index (χ0n) is 3.46. The molecule has 0 aromatic rings. The monoisotopic (exact) mass is 225 g/mol. The Hall–Kier alpha value is 0.869. The van der Waals surface area contributed by atoms with Gasteiger partial charge in [0, 0.05) is 10.4 Å². The van der Waals surface area contributed by atoms with Crippen LogP contribution in [0, 0.1) is 0 Å². The van der Waals surface area contributed by atoms with E-state index in [0.717, 1.165) is 0 Å². The van der Waals surface area contributed by atoms with Crippen molar-refractivity contribution in [2.24, 2.45) is 0 Å². The molecule has 0 saturated heterocycles. The van der Waals surface area contributed by atoms with Crippen LogP contribution in [0.1, 0.15) is 0 Å². The molecule has 0 aliphatic carbocycles. The van der Waals surface area contributed by atoms with Gasteiger partial charge in [-0.2, -0.15) is 0 Å². The third-order valence-corrected chi connectivity index (χ3v) is 0. The van der Waals surface area contributed by atoms with Crippen molar-refractivity contribution in [1.82, 2.24) is 6.15 Å². The fraction of sp³-hybridized carbons (Fsp3) is 0. The van der Waals surface area contributed by atoms with Crippen LogP contribution in [-0.4, -0.2) is 17.5 Å². The normalized spacial score (nSPS) is 7.25. The van der Waals surface area contributed by atoms with E-state index in [-0.39, 0.29) is 40.3 Å². The smallest absolute Gasteiger partial charge is 0.759 e. The largest absolute Gasteiger partial charge is 2.00 e. The Morgan fingerprint density at radius 3 is 1.00 bits per heavy atom. The van der Waals surface area contributed by atoms with E-state index in [4.69, 9.17) is 17.5 Å². The Morgan fingerprint density at radius 2 is 1.00 bits per heavy atom. The topological polar surface area (TPSA) is 115 Å². The third kappa shape index (κ3) is 313. The second-order valence-corrected chi connectivity index (χ2v) is 1.22. The van der Waals surface area contributed by atoms with Gasteiger partial charge in [0.1, 0.15) is 0 Å². The Kier molecular flexibility index (Phi) is 22.8. The predicted molar refractivity (Wildman–Crippen MR) is 15.5 cm³/mol. The summed E-state index contributed by atoms with van der Waals surface area (Å²) >= 11 is 0. The van der Waals surface area contributed by atoms with Gasteiger partial charge < -0.3 is 15.3 Å². The number of hydrogen-bond donors (Lipinski definition) is 1. The molecule has 0 aliphatic heterocycles. The minimum atomic E-state index is -5.17. The van der Waals surface area contributed by atoms with Crippen molar-refractivity contribution in [2.75, 3.05) is 0 Å². The van der Waals surface area contributed by atoms with Crippen molar-refractivity contribution in [3.8, 4) is 0 Å². The van der Waals surface area contributed by atoms with Crippen molar-refractivity contribution in [3.63, 3.8) is 0 Å². The Bertz CT molecular complexity index is 97.2. The molecule has 0 unspecified atom stereocenters. The van der Waals surface area contributed by atoms with E-state index >= 15 is 0 Å². The first kappa shape index (κ1) is 23.2. The van der Waals surface area contributed by atoms with E-state index in [1.165, 1.54) is 0 Å². The van der Waals surface area contributed by atoms with Gasteiger partial charge in [0.25, 0.3) is 0 Å². The first-order valence-electron chi connectivity index (χ1n) is 0.667. The zero-order valence-corrected chi connectivity index (χ0v) is 6.48. The van der Waals surface area contributed by atoms with Crippen molar-refractivity contribution < 1.29 is 51.7 Å². The van der Waals surface area contributed by atoms with E-state index in [0.29, 0.717) is 0 Å². The predicted octanol–water partition coefficient (Wildman–Crippen LogP) is -1.18. The fourth-order valence-corrected chi connectivity index (χ4v) is 0. The van der Waals surface area contributed by atoms with Gasteiger partial charge in [0.2, 0.25) is 0 Å². The Balaban J connectivity index is -0.0000000267. The molecule has 52 valence electrons. The molecular formula is H3Fe2NO4S+2. The summed E-state index contributed by atoms with van der Waals surface area (Å²) in [5.74, 6) is 0. The van der Waals surface area contributed by atoms with Gasteiger partial charge in [-0.25, -0.2) is 0 Å². The molecule has 3 N–H and O–H groups in total. The van der Waals surface area contributed by atoms with Gasteiger partial charge in [-0.1, -0.05) is 0 Å². The summed E-state index contributed by atoms with van der Waals surface area (Å²) in [5, 5.41) is 0. The molecule has 0 saturated carbocycles. The van der Waals surface area contributed by atoms with Crippen molar-refractivity contribution >= 4 is 10.4 Å². The van der Waals surface area contributed by atoms with Crippen LogP contribution in [0.25, 0.3) is 0 Å². The van der Waals surface area contributed by atoms with Gasteiger partial charge in [-0.3, -0.25) is 8.42 Å². The summed E-state index contributed by atoms with van der Waals surface area (Å²) in [5.41, 5.74) is 0. The maximum absolute atomic E-state index is 8.52. The molecule has 0 atom stereocenters. The maximum Gasteiger partial charge on any atom is 2.00 e. The van der Waals surface area contributed by atoms with Gasteiger partial charge in [0.15, 0.2) is 0 Å². The van der Waals surface area contributed by atoms with Crippen molar-refractivity contribution in [1.29, 1.82) is 0 Å². The summed E-state index contributed by atoms with van der Waals surface area (Å²) < 4.78 is 34.1. The van der Waals surface area contributed by atoms with E-state index < -0.39 is 10.4 Å². The summed E-state index contributed by atoms with van der Waals surface area (Å²) in [6.45, 7) is 0. The molecule has 0 fully saturated rings. The maximum atomic E-state index is 8.52. The van der Waals surface area contributed by atoms with Crippen molar-refractivity contribution in [3.05, 3.63) is 0 Å². The molecular weight excluding hydrogens is 222 g/mol. The van der Waals surface area contributed by atoms with Gasteiger partial charge in [-0.15, -0.1) is 0 Å². The van der Waals surface area contributed by atoms with Crippen LogP contribution in [0.5, 0.6) is 0 Å².